The first-order valence-electron chi connectivity index (χ1n) is 9.45. The van der Waals surface area contributed by atoms with Gasteiger partial charge in [0, 0.05) is 16.6 Å². The average Bonchev–Trinajstić information content (AvgIpc) is 2.53. The third kappa shape index (κ3) is 5.28. The van der Waals surface area contributed by atoms with E-state index in [1.807, 2.05) is 31.2 Å². The lowest BCUT2D eigenvalue weighted by Crippen LogP contribution is -2.45. The zero-order valence-electron chi connectivity index (χ0n) is 17.3. The molecule has 0 unspecified atom stereocenters. The molecule has 26 heavy (non-hydrogen) atoms. The number of nitrogens with one attached hydrogen (secondary N) is 2. The third-order valence-electron chi connectivity index (χ3n) is 4.54. The molecule has 1 heterocycles. The van der Waals surface area contributed by atoms with Crippen LogP contribution in [0, 0.1) is 12.3 Å². The third-order valence-corrected chi connectivity index (χ3v) is 4.54. The van der Waals surface area contributed by atoms with Crippen molar-refractivity contribution in [3.8, 4) is 0 Å². The van der Waals surface area contributed by atoms with Gasteiger partial charge in [0.05, 0.1) is 17.7 Å². The minimum atomic E-state index is -0.0977. The second-order valence-electron chi connectivity index (χ2n) is 8.95. The summed E-state index contributed by atoms with van der Waals surface area (Å²) in [7, 11) is 0. The van der Waals surface area contributed by atoms with Crippen molar-refractivity contribution in [1.82, 2.24) is 10.3 Å². The van der Waals surface area contributed by atoms with Crippen molar-refractivity contribution in [3.63, 3.8) is 0 Å². The maximum absolute atomic E-state index is 12.6. The van der Waals surface area contributed by atoms with Crippen LogP contribution >= 0.6 is 0 Å². The van der Waals surface area contributed by atoms with Gasteiger partial charge < -0.3 is 10.6 Å². The summed E-state index contributed by atoms with van der Waals surface area (Å²) in [5, 5.41) is 7.52. The highest BCUT2D eigenvalue weighted by molar-refractivity contribution is 6.03. The summed E-state index contributed by atoms with van der Waals surface area (Å²) >= 11 is 0. The van der Waals surface area contributed by atoms with Gasteiger partial charge in [0.2, 0.25) is 5.91 Å². The lowest BCUT2D eigenvalue weighted by atomic mass is 9.82. The molecule has 142 valence electrons. The topological polar surface area (TPSA) is 54.0 Å². The Morgan fingerprint density at radius 1 is 1.12 bits per heavy atom. The molecule has 2 rings (SSSR count). The molecule has 4 heteroatoms. The van der Waals surface area contributed by atoms with Crippen LogP contribution in [0.3, 0.4) is 0 Å². The van der Waals surface area contributed by atoms with Gasteiger partial charge in [0.25, 0.3) is 0 Å². The molecule has 1 amide bonds. The van der Waals surface area contributed by atoms with Crippen molar-refractivity contribution in [3.05, 3.63) is 35.5 Å². The number of carbonyl (C=O) groups excluding carboxylic acids is 1. The smallest absolute Gasteiger partial charge is 0.238 e. The van der Waals surface area contributed by atoms with Crippen molar-refractivity contribution in [1.29, 1.82) is 0 Å². The minimum absolute atomic E-state index is 0.0199. The monoisotopic (exact) mass is 355 g/mol. The first kappa shape index (κ1) is 20.4. The highest BCUT2D eigenvalue weighted by atomic mass is 16.1. The number of nitrogens with zero attached hydrogens (tertiary/aromatic N) is 1. The summed E-state index contributed by atoms with van der Waals surface area (Å²) in [6.07, 6.45) is 1.83. The number of benzene rings is 1. The van der Waals surface area contributed by atoms with E-state index < -0.39 is 0 Å². The predicted octanol–water partition coefficient (Wildman–Crippen LogP) is 4.85. The van der Waals surface area contributed by atoms with Crippen LogP contribution in [-0.4, -0.2) is 23.0 Å². The number of carbonyl (C=O) groups is 1. The lowest BCUT2D eigenvalue weighted by Gasteiger charge is -2.33. The Hall–Kier alpha value is -1.94. The molecule has 0 aliphatic heterocycles. The van der Waals surface area contributed by atoms with Gasteiger partial charge >= 0.3 is 0 Å². The summed E-state index contributed by atoms with van der Waals surface area (Å²) in [5.74, 6) is -0.0199. The molecule has 0 spiro atoms. The van der Waals surface area contributed by atoms with Crippen LogP contribution in [0.25, 0.3) is 10.9 Å². The van der Waals surface area contributed by atoms with E-state index in [0.29, 0.717) is 6.54 Å². The first-order valence-corrected chi connectivity index (χ1v) is 9.45. The standard InChI is InChI=1S/C22H33N3O/c1-8-17-15(2)20(16-11-9-10-12-18(16)24-17)25-19(26)13-23-22(6,7)14-21(3,4)5/h9-12,23H,8,13-14H2,1-7H3,(H,24,25,26). The normalized spacial score (nSPS) is 12.4. The summed E-state index contributed by atoms with van der Waals surface area (Å²) in [4.78, 5) is 17.3. The fourth-order valence-electron chi connectivity index (χ4n) is 3.75. The minimum Gasteiger partial charge on any atom is -0.324 e. The van der Waals surface area contributed by atoms with E-state index in [9.17, 15) is 4.79 Å². The number of hydrogen-bond donors (Lipinski definition) is 2. The van der Waals surface area contributed by atoms with Gasteiger partial charge in [-0.2, -0.15) is 0 Å². The van der Waals surface area contributed by atoms with E-state index in [0.717, 1.165) is 40.7 Å². The van der Waals surface area contributed by atoms with E-state index in [-0.39, 0.29) is 16.9 Å². The number of amides is 1. The van der Waals surface area contributed by atoms with Crippen LogP contribution in [0.2, 0.25) is 0 Å². The van der Waals surface area contributed by atoms with Crippen molar-refractivity contribution >= 4 is 22.5 Å². The van der Waals surface area contributed by atoms with Gasteiger partial charge in [-0.15, -0.1) is 0 Å². The van der Waals surface area contributed by atoms with Crippen LogP contribution in [0.15, 0.2) is 24.3 Å². The van der Waals surface area contributed by atoms with Gasteiger partial charge in [0.1, 0.15) is 0 Å². The van der Waals surface area contributed by atoms with E-state index in [2.05, 4.69) is 52.2 Å². The van der Waals surface area contributed by atoms with Crippen molar-refractivity contribution in [2.24, 2.45) is 5.41 Å². The molecule has 4 nitrogen and oxygen atoms in total. The van der Waals surface area contributed by atoms with Gasteiger partial charge in [0.15, 0.2) is 0 Å². The first-order chi connectivity index (χ1) is 12.0. The van der Waals surface area contributed by atoms with Gasteiger partial charge in [-0.25, -0.2) is 0 Å². The van der Waals surface area contributed by atoms with E-state index in [4.69, 9.17) is 4.98 Å². The van der Waals surface area contributed by atoms with Crippen molar-refractivity contribution in [2.45, 2.75) is 66.8 Å². The molecule has 1 aromatic carbocycles. The number of anilines is 1. The maximum Gasteiger partial charge on any atom is 0.238 e. The van der Waals surface area contributed by atoms with Crippen LogP contribution in [0.1, 0.15) is 59.2 Å². The Balaban J connectivity index is 2.18. The van der Waals surface area contributed by atoms with Gasteiger partial charge in [-0.1, -0.05) is 45.9 Å². The van der Waals surface area contributed by atoms with Crippen molar-refractivity contribution in [2.75, 3.05) is 11.9 Å². The molecular weight excluding hydrogens is 322 g/mol. The Bertz CT molecular complexity index is 788. The number of pyridine rings is 1. The Morgan fingerprint density at radius 3 is 2.38 bits per heavy atom. The summed E-state index contributed by atoms with van der Waals surface area (Å²) in [5.41, 5.74) is 3.99. The fraction of sp³-hybridized carbons (Fsp3) is 0.545. The van der Waals surface area contributed by atoms with Crippen molar-refractivity contribution < 1.29 is 4.79 Å². The summed E-state index contributed by atoms with van der Waals surface area (Å²) in [6, 6.07) is 7.97. The molecule has 1 aromatic heterocycles. The van der Waals surface area contributed by atoms with Crippen LogP contribution in [-0.2, 0) is 11.2 Å². The second-order valence-corrected chi connectivity index (χ2v) is 8.95. The molecule has 0 saturated carbocycles. The Labute approximate surface area is 157 Å². The Kier molecular flexibility index (Phi) is 6.07. The molecule has 0 aliphatic rings. The lowest BCUT2D eigenvalue weighted by molar-refractivity contribution is -0.115. The highest BCUT2D eigenvalue weighted by Gasteiger charge is 2.25. The molecule has 0 radical (unpaired) electrons. The van der Waals surface area contributed by atoms with Crippen LogP contribution < -0.4 is 10.6 Å². The average molecular weight is 356 g/mol. The zero-order chi connectivity index (χ0) is 19.5. The summed E-state index contributed by atoms with van der Waals surface area (Å²) < 4.78 is 0. The molecule has 0 aliphatic carbocycles. The van der Waals surface area contributed by atoms with Gasteiger partial charge in [-0.05, 0) is 50.7 Å². The molecule has 2 aromatic rings. The second kappa shape index (κ2) is 7.75. The van der Waals surface area contributed by atoms with Crippen LogP contribution in [0.4, 0.5) is 5.69 Å². The molecule has 0 fully saturated rings. The van der Waals surface area contributed by atoms with E-state index >= 15 is 0 Å². The number of para-hydroxylation sites is 1. The molecular formula is C22H33N3O. The Morgan fingerprint density at radius 2 is 1.77 bits per heavy atom. The number of rotatable bonds is 6. The van der Waals surface area contributed by atoms with Gasteiger partial charge in [-0.3, -0.25) is 9.78 Å². The quantitative estimate of drug-likeness (QED) is 0.779. The van der Waals surface area contributed by atoms with Crippen LogP contribution in [0.5, 0.6) is 0 Å². The zero-order valence-corrected chi connectivity index (χ0v) is 17.3. The number of hydrogen-bond acceptors (Lipinski definition) is 3. The highest BCUT2D eigenvalue weighted by Crippen LogP contribution is 2.29. The van der Waals surface area contributed by atoms with E-state index in [1.54, 1.807) is 0 Å². The number of aromatic nitrogens is 1. The largest absolute Gasteiger partial charge is 0.324 e. The number of aryl methyl sites for hydroxylation is 1. The SMILES string of the molecule is CCc1nc2ccccc2c(NC(=O)CNC(C)(C)CC(C)(C)C)c1C. The molecule has 2 N–H and O–H groups in total. The molecule has 0 atom stereocenters. The molecule has 0 bridgehead atoms. The maximum atomic E-state index is 12.6. The number of fused-ring (bicyclic) bond motifs is 1. The van der Waals surface area contributed by atoms with E-state index in [1.165, 1.54) is 0 Å². The predicted molar refractivity (Wildman–Crippen MR) is 111 cm³/mol. The fourth-order valence-corrected chi connectivity index (χ4v) is 3.75. The molecule has 0 saturated heterocycles. The summed E-state index contributed by atoms with van der Waals surface area (Å²) in [6.45, 7) is 15.4.